The number of carbonyl (C=O) groups excluding carboxylic acids is 1. The largest absolute Gasteiger partial charge is 0.349 e. The summed E-state index contributed by atoms with van der Waals surface area (Å²) in [7, 11) is 1.98. The number of carbonyl (C=O) groups is 1. The lowest BCUT2D eigenvalue weighted by atomic mass is 10.1. The first-order chi connectivity index (χ1) is 14.9. The smallest absolute Gasteiger partial charge is 0.270 e. The van der Waals surface area contributed by atoms with E-state index < -0.39 is 0 Å². The molecule has 1 aromatic carbocycles. The minimum Gasteiger partial charge on any atom is -0.349 e. The molecule has 1 unspecified atom stereocenters. The topological polar surface area (TPSA) is 55.1 Å². The third-order valence-corrected chi connectivity index (χ3v) is 5.78. The van der Waals surface area contributed by atoms with Crippen LogP contribution in [-0.4, -0.2) is 50.8 Å². The van der Waals surface area contributed by atoms with Crippen LogP contribution in [0.2, 0.25) is 0 Å². The molecule has 0 aliphatic carbocycles. The quantitative estimate of drug-likeness (QED) is 0.527. The van der Waals surface area contributed by atoms with Crippen LogP contribution in [0, 0.1) is 6.92 Å². The van der Waals surface area contributed by atoms with Crippen LogP contribution in [0.5, 0.6) is 0 Å². The number of aryl methyl sites for hydroxylation is 2. The zero-order chi connectivity index (χ0) is 22.4. The van der Waals surface area contributed by atoms with Crippen molar-refractivity contribution in [2.75, 3.05) is 19.6 Å². The predicted octanol–water partition coefficient (Wildman–Crippen LogP) is 4.43. The van der Waals surface area contributed by atoms with Crippen LogP contribution in [0.1, 0.15) is 49.7 Å². The molecule has 1 atom stereocenters. The summed E-state index contributed by atoms with van der Waals surface area (Å²) in [6.07, 6.45) is 4.00. The third kappa shape index (κ3) is 5.64. The zero-order valence-electron chi connectivity index (χ0n) is 19.4. The highest BCUT2D eigenvalue weighted by Gasteiger charge is 2.20. The van der Waals surface area contributed by atoms with Gasteiger partial charge < -0.3 is 14.8 Å². The number of aromatic nitrogens is 3. The Morgan fingerprint density at radius 2 is 1.94 bits per heavy atom. The zero-order valence-corrected chi connectivity index (χ0v) is 19.4. The van der Waals surface area contributed by atoms with Crippen LogP contribution in [0.3, 0.4) is 0 Å². The van der Waals surface area contributed by atoms with Crippen LogP contribution in [-0.2, 0) is 7.05 Å². The summed E-state index contributed by atoms with van der Waals surface area (Å²) in [5, 5.41) is 7.97. The van der Waals surface area contributed by atoms with Crippen molar-refractivity contribution >= 4 is 5.91 Å². The van der Waals surface area contributed by atoms with Crippen LogP contribution in [0.4, 0.5) is 0 Å². The molecule has 0 aliphatic rings. The van der Waals surface area contributed by atoms with E-state index >= 15 is 0 Å². The van der Waals surface area contributed by atoms with Gasteiger partial charge in [0.05, 0.1) is 11.4 Å². The summed E-state index contributed by atoms with van der Waals surface area (Å²) in [5.74, 6) is -0.0928. The molecule has 3 rings (SSSR count). The van der Waals surface area contributed by atoms with E-state index in [1.165, 1.54) is 0 Å². The molecular formula is C25H35N5O. The Balaban J connectivity index is 1.81. The van der Waals surface area contributed by atoms with Crippen molar-refractivity contribution in [2.45, 2.75) is 46.6 Å². The Kier molecular flexibility index (Phi) is 7.69. The summed E-state index contributed by atoms with van der Waals surface area (Å²) in [6, 6.07) is 14.1. The van der Waals surface area contributed by atoms with Gasteiger partial charge in [0, 0.05) is 19.3 Å². The maximum Gasteiger partial charge on any atom is 0.270 e. The second-order valence-corrected chi connectivity index (χ2v) is 8.21. The van der Waals surface area contributed by atoms with Crippen molar-refractivity contribution in [3.63, 3.8) is 0 Å². The number of hydrogen-bond acceptors (Lipinski definition) is 3. The van der Waals surface area contributed by atoms with Crippen molar-refractivity contribution < 1.29 is 4.79 Å². The molecule has 0 radical (unpaired) electrons. The fraction of sp³-hybridized carbons (Fsp3) is 0.440. The first kappa shape index (κ1) is 22.8. The van der Waals surface area contributed by atoms with Crippen molar-refractivity contribution in [2.24, 2.45) is 7.05 Å². The normalized spacial score (nSPS) is 12.3. The highest BCUT2D eigenvalue weighted by molar-refractivity contribution is 5.94. The maximum absolute atomic E-state index is 13.2. The molecule has 1 amide bonds. The van der Waals surface area contributed by atoms with Gasteiger partial charge in [-0.15, -0.1) is 0 Å². The Morgan fingerprint density at radius 1 is 1.16 bits per heavy atom. The molecule has 31 heavy (non-hydrogen) atoms. The molecule has 0 saturated carbocycles. The molecule has 0 aliphatic heterocycles. The number of hydrogen-bond donors (Lipinski definition) is 1. The first-order valence-corrected chi connectivity index (χ1v) is 11.2. The van der Waals surface area contributed by atoms with Crippen LogP contribution < -0.4 is 5.32 Å². The van der Waals surface area contributed by atoms with Crippen LogP contribution >= 0.6 is 0 Å². The van der Waals surface area contributed by atoms with Gasteiger partial charge in [0.25, 0.3) is 5.91 Å². The van der Waals surface area contributed by atoms with E-state index in [9.17, 15) is 4.79 Å². The SMILES string of the molecule is CCN(CC)CCCC(C)NC(=O)c1cc(-c2cccn2C)nn1-c1cccc(C)c1. The van der Waals surface area contributed by atoms with Crippen LogP contribution in [0.15, 0.2) is 48.7 Å². The number of nitrogens with one attached hydrogen (secondary N) is 1. The highest BCUT2D eigenvalue weighted by Crippen LogP contribution is 2.22. The van der Waals surface area contributed by atoms with Crippen LogP contribution in [0.25, 0.3) is 17.1 Å². The van der Waals surface area contributed by atoms with Gasteiger partial charge in [-0.05, 0) is 82.2 Å². The summed E-state index contributed by atoms with van der Waals surface area (Å²) < 4.78 is 3.77. The summed E-state index contributed by atoms with van der Waals surface area (Å²) in [4.78, 5) is 15.6. The second kappa shape index (κ2) is 10.4. The monoisotopic (exact) mass is 421 g/mol. The Hall–Kier alpha value is -2.86. The minimum atomic E-state index is -0.0928. The molecule has 3 aromatic rings. The van der Waals surface area contributed by atoms with E-state index in [4.69, 9.17) is 5.10 Å². The number of nitrogens with zero attached hydrogens (tertiary/aromatic N) is 4. The Morgan fingerprint density at radius 3 is 2.58 bits per heavy atom. The molecule has 166 valence electrons. The van der Waals surface area contributed by atoms with Gasteiger partial charge >= 0.3 is 0 Å². The molecular weight excluding hydrogens is 386 g/mol. The summed E-state index contributed by atoms with van der Waals surface area (Å²) in [6.45, 7) is 11.7. The van der Waals surface area contributed by atoms with E-state index in [1.807, 2.05) is 67.2 Å². The van der Waals surface area contributed by atoms with Gasteiger partial charge in [-0.2, -0.15) is 5.10 Å². The van der Waals surface area contributed by atoms with E-state index in [1.54, 1.807) is 4.68 Å². The summed E-state index contributed by atoms with van der Waals surface area (Å²) >= 11 is 0. The van der Waals surface area contributed by atoms with E-state index in [2.05, 4.69) is 31.0 Å². The Labute approximate surface area is 185 Å². The molecule has 1 N–H and O–H groups in total. The average molecular weight is 422 g/mol. The molecule has 0 saturated heterocycles. The molecule has 0 fully saturated rings. The predicted molar refractivity (Wildman–Crippen MR) is 127 cm³/mol. The van der Waals surface area contributed by atoms with Gasteiger partial charge in [0.2, 0.25) is 0 Å². The lowest BCUT2D eigenvalue weighted by molar-refractivity contribution is 0.0929. The van der Waals surface area contributed by atoms with E-state index in [0.717, 1.165) is 55.1 Å². The maximum atomic E-state index is 13.2. The molecule has 0 spiro atoms. The van der Waals surface area contributed by atoms with Gasteiger partial charge in [-0.1, -0.05) is 26.0 Å². The standard InChI is InChI=1S/C25H35N5O/c1-6-29(7-2)16-9-12-20(4)26-25(31)24-18-22(23-14-10-15-28(23)5)27-30(24)21-13-8-11-19(3)17-21/h8,10-11,13-15,17-18,20H,6-7,9,12,16H2,1-5H3,(H,26,31). The first-order valence-electron chi connectivity index (χ1n) is 11.2. The molecule has 0 bridgehead atoms. The van der Waals surface area contributed by atoms with E-state index in [0.29, 0.717) is 5.69 Å². The molecule has 2 heterocycles. The molecule has 6 nitrogen and oxygen atoms in total. The fourth-order valence-electron chi connectivity index (χ4n) is 3.88. The number of rotatable bonds is 10. The minimum absolute atomic E-state index is 0.0928. The van der Waals surface area contributed by atoms with Gasteiger partial charge in [0.1, 0.15) is 11.4 Å². The van der Waals surface area contributed by atoms with Gasteiger partial charge in [-0.3, -0.25) is 4.79 Å². The number of amides is 1. The third-order valence-electron chi connectivity index (χ3n) is 5.78. The van der Waals surface area contributed by atoms with Gasteiger partial charge in [0.15, 0.2) is 0 Å². The van der Waals surface area contributed by atoms with Gasteiger partial charge in [-0.25, -0.2) is 4.68 Å². The second-order valence-electron chi connectivity index (χ2n) is 8.21. The lowest BCUT2D eigenvalue weighted by Crippen LogP contribution is -2.34. The van der Waals surface area contributed by atoms with Crippen molar-refractivity contribution in [1.29, 1.82) is 0 Å². The van der Waals surface area contributed by atoms with Crippen molar-refractivity contribution in [3.8, 4) is 17.1 Å². The van der Waals surface area contributed by atoms with Crippen molar-refractivity contribution in [3.05, 3.63) is 59.9 Å². The number of benzene rings is 1. The van der Waals surface area contributed by atoms with E-state index in [-0.39, 0.29) is 11.9 Å². The van der Waals surface area contributed by atoms with Crippen molar-refractivity contribution in [1.82, 2.24) is 24.6 Å². The lowest BCUT2D eigenvalue weighted by Gasteiger charge is -2.20. The summed E-state index contributed by atoms with van der Waals surface area (Å²) in [5.41, 5.74) is 4.34. The fourth-order valence-corrected chi connectivity index (χ4v) is 3.88. The molecule has 6 heteroatoms. The molecule has 2 aromatic heterocycles. The highest BCUT2D eigenvalue weighted by atomic mass is 16.2. The Bertz CT molecular complexity index is 999. The average Bonchev–Trinajstić information content (AvgIpc) is 3.37.